The molecule has 1 heterocycles. The van der Waals surface area contributed by atoms with Crippen LogP contribution in [0.3, 0.4) is 0 Å². The van der Waals surface area contributed by atoms with Gasteiger partial charge < -0.3 is 10.1 Å². The predicted molar refractivity (Wildman–Crippen MR) is 50.1 cm³/mol. The smallest absolute Gasteiger partial charge is 0.257 e. The van der Waals surface area contributed by atoms with Crippen LogP contribution in [-0.4, -0.2) is 36.1 Å². The second-order valence-corrected chi connectivity index (χ2v) is 4.51. The van der Waals surface area contributed by atoms with Gasteiger partial charge in [-0.1, -0.05) is 6.92 Å². The van der Waals surface area contributed by atoms with Crippen LogP contribution in [0.4, 0.5) is 0 Å². The monoisotopic (exact) mass is 219 g/mol. The number of imidazole rings is 1. The lowest BCUT2D eigenvalue weighted by Gasteiger charge is -2.12. The average Bonchev–Trinajstić information content (AvgIpc) is 2.67. The van der Waals surface area contributed by atoms with Gasteiger partial charge in [0.15, 0.2) is 5.03 Å². The quantitative estimate of drug-likeness (QED) is 0.619. The molecule has 0 fully saturated rings. The molecular weight excluding hydrogens is 206 g/mol. The standard InChI is InChI=1S/C7H13N3O3S/c1-2-6(4-11)10-14(12,13)7-3-8-5-9-7/h3,5-6,10-11H,2,4H2,1H3,(H,8,9)/t6-/m0/s1. The van der Waals surface area contributed by atoms with Gasteiger partial charge in [-0.25, -0.2) is 18.1 Å². The molecule has 0 unspecified atom stereocenters. The van der Waals surface area contributed by atoms with E-state index in [1.165, 1.54) is 12.5 Å². The van der Waals surface area contributed by atoms with E-state index in [9.17, 15) is 8.42 Å². The van der Waals surface area contributed by atoms with E-state index in [-0.39, 0.29) is 11.6 Å². The molecular formula is C7H13N3O3S. The molecule has 3 N–H and O–H groups in total. The van der Waals surface area contributed by atoms with Crippen LogP contribution in [0.15, 0.2) is 17.6 Å². The van der Waals surface area contributed by atoms with Crippen molar-refractivity contribution in [3.8, 4) is 0 Å². The number of aromatic amines is 1. The van der Waals surface area contributed by atoms with Crippen molar-refractivity contribution in [3.05, 3.63) is 12.5 Å². The van der Waals surface area contributed by atoms with Crippen molar-refractivity contribution < 1.29 is 13.5 Å². The molecule has 14 heavy (non-hydrogen) atoms. The summed E-state index contributed by atoms with van der Waals surface area (Å²) in [5, 5.41) is 8.84. The molecule has 0 aliphatic carbocycles. The first-order valence-electron chi connectivity index (χ1n) is 4.21. The number of aliphatic hydroxyl groups excluding tert-OH is 1. The van der Waals surface area contributed by atoms with Crippen LogP contribution < -0.4 is 4.72 Å². The van der Waals surface area contributed by atoms with Gasteiger partial charge >= 0.3 is 0 Å². The van der Waals surface area contributed by atoms with E-state index in [0.717, 1.165) is 0 Å². The largest absolute Gasteiger partial charge is 0.395 e. The number of hydrogen-bond acceptors (Lipinski definition) is 4. The summed E-state index contributed by atoms with van der Waals surface area (Å²) in [5.41, 5.74) is 0. The summed E-state index contributed by atoms with van der Waals surface area (Å²) in [7, 11) is -3.57. The highest BCUT2D eigenvalue weighted by molar-refractivity contribution is 7.89. The highest BCUT2D eigenvalue weighted by Gasteiger charge is 2.19. The number of nitrogens with zero attached hydrogens (tertiary/aromatic N) is 1. The SMILES string of the molecule is CC[C@@H](CO)NS(=O)(=O)c1cnc[nH]1. The summed E-state index contributed by atoms with van der Waals surface area (Å²) in [6.07, 6.45) is 3.03. The normalized spacial score (nSPS) is 14.1. The van der Waals surface area contributed by atoms with Crippen molar-refractivity contribution in [2.45, 2.75) is 24.4 Å². The summed E-state index contributed by atoms with van der Waals surface area (Å²) in [6.45, 7) is 1.57. The molecule has 0 saturated carbocycles. The van der Waals surface area contributed by atoms with Crippen LogP contribution in [0.1, 0.15) is 13.3 Å². The van der Waals surface area contributed by atoms with Crippen molar-refractivity contribution in [3.63, 3.8) is 0 Å². The Kier molecular flexibility index (Phi) is 3.62. The fourth-order valence-corrected chi connectivity index (χ4v) is 2.14. The molecule has 1 aromatic heterocycles. The van der Waals surface area contributed by atoms with Gasteiger partial charge in [-0.2, -0.15) is 0 Å². The number of nitrogens with one attached hydrogen (secondary N) is 2. The Morgan fingerprint density at radius 1 is 1.71 bits per heavy atom. The molecule has 0 spiro atoms. The second-order valence-electron chi connectivity index (χ2n) is 2.82. The van der Waals surface area contributed by atoms with Crippen LogP contribution in [0.5, 0.6) is 0 Å². The Labute approximate surface area is 82.4 Å². The lowest BCUT2D eigenvalue weighted by Crippen LogP contribution is -2.37. The Bertz CT molecular complexity index is 356. The van der Waals surface area contributed by atoms with E-state index >= 15 is 0 Å². The Morgan fingerprint density at radius 3 is 2.86 bits per heavy atom. The summed E-state index contributed by atoms with van der Waals surface area (Å²) >= 11 is 0. The molecule has 1 rings (SSSR count). The zero-order valence-corrected chi connectivity index (χ0v) is 8.58. The van der Waals surface area contributed by atoms with E-state index in [1.807, 2.05) is 0 Å². The predicted octanol–water partition coefficient (Wildman–Crippen LogP) is -0.541. The van der Waals surface area contributed by atoms with Crippen LogP contribution in [-0.2, 0) is 10.0 Å². The zero-order valence-electron chi connectivity index (χ0n) is 7.77. The summed E-state index contributed by atoms with van der Waals surface area (Å²) in [5.74, 6) is 0. The van der Waals surface area contributed by atoms with Crippen molar-refractivity contribution in [1.82, 2.24) is 14.7 Å². The third-order valence-corrected chi connectivity index (χ3v) is 3.24. The van der Waals surface area contributed by atoms with Crippen molar-refractivity contribution >= 4 is 10.0 Å². The molecule has 1 atom stereocenters. The molecule has 0 aromatic carbocycles. The Hall–Kier alpha value is -0.920. The van der Waals surface area contributed by atoms with E-state index in [0.29, 0.717) is 6.42 Å². The fraction of sp³-hybridized carbons (Fsp3) is 0.571. The van der Waals surface area contributed by atoms with Crippen molar-refractivity contribution in [2.75, 3.05) is 6.61 Å². The molecule has 0 radical (unpaired) electrons. The molecule has 80 valence electrons. The van der Waals surface area contributed by atoms with Gasteiger partial charge in [0.05, 0.1) is 19.1 Å². The van der Waals surface area contributed by atoms with Crippen LogP contribution in [0.2, 0.25) is 0 Å². The fourth-order valence-electron chi connectivity index (χ4n) is 0.923. The van der Waals surface area contributed by atoms with Gasteiger partial charge in [-0.15, -0.1) is 0 Å². The average molecular weight is 219 g/mol. The minimum Gasteiger partial charge on any atom is -0.395 e. The lowest BCUT2D eigenvalue weighted by atomic mass is 10.3. The third kappa shape index (κ3) is 2.53. The van der Waals surface area contributed by atoms with Crippen molar-refractivity contribution in [1.29, 1.82) is 0 Å². The summed E-state index contributed by atoms with van der Waals surface area (Å²) in [6, 6.07) is -0.455. The zero-order chi connectivity index (χ0) is 10.6. The third-order valence-electron chi connectivity index (χ3n) is 1.80. The van der Waals surface area contributed by atoms with Crippen LogP contribution in [0.25, 0.3) is 0 Å². The number of sulfonamides is 1. The number of rotatable bonds is 5. The maximum Gasteiger partial charge on any atom is 0.257 e. The van der Waals surface area contributed by atoms with Gasteiger partial charge in [-0.05, 0) is 6.42 Å². The van der Waals surface area contributed by atoms with Crippen molar-refractivity contribution in [2.24, 2.45) is 0 Å². The summed E-state index contributed by atoms with van der Waals surface area (Å²) < 4.78 is 25.4. The number of hydrogen-bond donors (Lipinski definition) is 3. The molecule has 0 bridgehead atoms. The Balaban J connectivity index is 2.77. The Morgan fingerprint density at radius 2 is 2.43 bits per heavy atom. The van der Waals surface area contributed by atoms with Gasteiger partial charge in [0, 0.05) is 6.04 Å². The highest BCUT2D eigenvalue weighted by Crippen LogP contribution is 2.04. The van der Waals surface area contributed by atoms with Gasteiger partial charge in [0.1, 0.15) is 0 Å². The van der Waals surface area contributed by atoms with Gasteiger partial charge in [0.25, 0.3) is 10.0 Å². The minimum absolute atomic E-state index is 0.00407. The molecule has 0 aliphatic rings. The first kappa shape index (κ1) is 11.2. The topological polar surface area (TPSA) is 95.1 Å². The van der Waals surface area contributed by atoms with Crippen LogP contribution >= 0.6 is 0 Å². The first-order chi connectivity index (χ1) is 6.60. The maximum atomic E-state index is 11.5. The number of H-pyrrole nitrogens is 1. The lowest BCUT2D eigenvalue weighted by molar-refractivity contribution is 0.253. The van der Waals surface area contributed by atoms with Crippen LogP contribution in [0, 0.1) is 0 Å². The molecule has 6 nitrogen and oxygen atoms in total. The van der Waals surface area contributed by atoms with Gasteiger partial charge in [0.2, 0.25) is 0 Å². The first-order valence-corrected chi connectivity index (χ1v) is 5.70. The van der Waals surface area contributed by atoms with E-state index < -0.39 is 16.1 Å². The minimum atomic E-state index is -3.57. The number of aromatic nitrogens is 2. The van der Waals surface area contributed by atoms with E-state index in [1.54, 1.807) is 6.92 Å². The van der Waals surface area contributed by atoms with E-state index in [2.05, 4.69) is 14.7 Å². The highest BCUT2D eigenvalue weighted by atomic mass is 32.2. The number of aliphatic hydroxyl groups is 1. The molecule has 0 amide bonds. The molecule has 0 aliphatic heterocycles. The van der Waals surface area contributed by atoms with Gasteiger partial charge in [-0.3, -0.25) is 0 Å². The van der Waals surface area contributed by atoms with E-state index in [4.69, 9.17) is 5.11 Å². The summed E-state index contributed by atoms with van der Waals surface area (Å²) in [4.78, 5) is 6.10. The molecule has 0 saturated heterocycles. The maximum absolute atomic E-state index is 11.5. The molecule has 1 aromatic rings. The molecule has 7 heteroatoms. The second kappa shape index (κ2) is 4.54.